The van der Waals surface area contributed by atoms with Gasteiger partial charge < -0.3 is 10.1 Å². The Kier molecular flexibility index (Phi) is 5.61. The van der Waals surface area contributed by atoms with Gasteiger partial charge >= 0.3 is 0 Å². The maximum absolute atomic E-state index is 5.76. The summed E-state index contributed by atoms with van der Waals surface area (Å²) in [5.74, 6) is 0.972. The molecule has 0 amide bonds. The smallest absolute Gasteiger partial charge is 0.119 e. The SMILES string of the molecule is CCCOc1cccc(CN2CCNCC2c2ccncc2)c1. The van der Waals surface area contributed by atoms with Crippen molar-refractivity contribution < 1.29 is 4.74 Å². The van der Waals surface area contributed by atoms with Crippen molar-refractivity contribution in [3.63, 3.8) is 0 Å². The Balaban J connectivity index is 1.72. The molecule has 1 fully saturated rings. The van der Waals surface area contributed by atoms with Crippen LogP contribution in [0.4, 0.5) is 0 Å². The third kappa shape index (κ3) is 4.30. The van der Waals surface area contributed by atoms with Crippen LogP contribution in [0.1, 0.15) is 30.5 Å². The fraction of sp³-hybridized carbons (Fsp3) is 0.421. The van der Waals surface area contributed by atoms with Crippen LogP contribution < -0.4 is 10.1 Å². The number of rotatable bonds is 6. The molecule has 1 aromatic heterocycles. The van der Waals surface area contributed by atoms with Gasteiger partial charge in [-0.05, 0) is 41.8 Å². The van der Waals surface area contributed by atoms with Crippen LogP contribution in [0.5, 0.6) is 5.75 Å². The van der Waals surface area contributed by atoms with Crippen LogP contribution in [-0.2, 0) is 6.54 Å². The number of aromatic nitrogens is 1. The molecule has 1 atom stereocenters. The van der Waals surface area contributed by atoms with Gasteiger partial charge in [-0.25, -0.2) is 0 Å². The van der Waals surface area contributed by atoms with Crippen LogP contribution in [0.3, 0.4) is 0 Å². The maximum atomic E-state index is 5.76. The van der Waals surface area contributed by atoms with E-state index in [2.05, 4.69) is 52.5 Å². The molecule has 1 aliphatic heterocycles. The molecular weight excluding hydrogens is 286 g/mol. The number of pyridine rings is 1. The van der Waals surface area contributed by atoms with Crippen LogP contribution in [0.2, 0.25) is 0 Å². The van der Waals surface area contributed by atoms with Gasteiger partial charge in [0.1, 0.15) is 5.75 Å². The predicted octanol–water partition coefficient (Wildman–Crippen LogP) is 3.02. The molecule has 4 heteroatoms. The molecule has 1 aliphatic rings. The van der Waals surface area contributed by atoms with Crippen molar-refractivity contribution in [2.75, 3.05) is 26.2 Å². The number of hydrogen-bond donors (Lipinski definition) is 1. The van der Waals surface area contributed by atoms with Crippen LogP contribution in [-0.4, -0.2) is 36.1 Å². The molecule has 0 aliphatic carbocycles. The molecule has 3 rings (SSSR count). The van der Waals surface area contributed by atoms with E-state index in [4.69, 9.17) is 4.74 Å². The van der Waals surface area contributed by atoms with Gasteiger partial charge in [-0.1, -0.05) is 19.1 Å². The summed E-state index contributed by atoms with van der Waals surface area (Å²) >= 11 is 0. The summed E-state index contributed by atoms with van der Waals surface area (Å²) in [7, 11) is 0. The average Bonchev–Trinajstić information content (AvgIpc) is 2.61. The topological polar surface area (TPSA) is 37.4 Å². The van der Waals surface area contributed by atoms with Gasteiger partial charge in [0, 0.05) is 44.6 Å². The number of hydrogen-bond acceptors (Lipinski definition) is 4. The summed E-state index contributed by atoms with van der Waals surface area (Å²) in [6.45, 7) is 6.91. The molecule has 0 bridgehead atoms. The van der Waals surface area contributed by atoms with Crippen molar-refractivity contribution in [3.8, 4) is 5.75 Å². The molecule has 0 spiro atoms. The second-order valence-corrected chi connectivity index (χ2v) is 5.97. The molecule has 1 saturated heterocycles. The lowest BCUT2D eigenvalue weighted by molar-refractivity contribution is 0.153. The van der Waals surface area contributed by atoms with Crippen molar-refractivity contribution in [1.29, 1.82) is 0 Å². The van der Waals surface area contributed by atoms with Crippen molar-refractivity contribution in [2.45, 2.75) is 25.9 Å². The fourth-order valence-electron chi connectivity index (χ4n) is 3.04. The lowest BCUT2D eigenvalue weighted by Crippen LogP contribution is -2.45. The minimum atomic E-state index is 0.395. The molecule has 23 heavy (non-hydrogen) atoms. The summed E-state index contributed by atoms with van der Waals surface area (Å²) in [6, 6.07) is 13.1. The van der Waals surface area contributed by atoms with E-state index in [-0.39, 0.29) is 0 Å². The Morgan fingerprint density at radius 3 is 2.96 bits per heavy atom. The lowest BCUT2D eigenvalue weighted by Gasteiger charge is -2.36. The summed E-state index contributed by atoms with van der Waals surface area (Å²) in [6.07, 6.45) is 4.79. The third-order valence-corrected chi connectivity index (χ3v) is 4.20. The molecule has 1 aromatic carbocycles. The predicted molar refractivity (Wildman–Crippen MR) is 92.5 cm³/mol. The standard InChI is InChI=1S/C19H25N3O/c1-2-12-23-18-5-3-4-16(13-18)15-22-11-10-21-14-19(22)17-6-8-20-9-7-17/h3-9,13,19,21H,2,10-12,14-15H2,1H3. The maximum Gasteiger partial charge on any atom is 0.119 e. The van der Waals surface area contributed by atoms with Gasteiger partial charge in [0.05, 0.1) is 6.61 Å². The monoisotopic (exact) mass is 311 g/mol. The highest BCUT2D eigenvalue weighted by molar-refractivity contribution is 5.29. The molecule has 122 valence electrons. The van der Waals surface area contributed by atoms with Crippen molar-refractivity contribution in [1.82, 2.24) is 15.2 Å². The molecule has 0 saturated carbocycles. The Morgan fingerprint density at radius 2 is 2.13 bits per heavy atom. The third-order valence-electron chi connectivity index (χ3n) is 4.20. The van der Waals surface area contributed by atoms with Gasteiger partial charge in [-0.2, -0.15) is 0 Å². The summed E-state index contributed by atoms with van der Waals surface area (Å²) in [4.78, 5) is 6.67. The zero-order chi connectivity index (χ0) is 15.9. The number of nitrogens with one attached hydrogen (secondary N) is 1. The molecular formula is C19H25N3O. The molecule has 0 radical (unpaired) electrons. The minimum Gasteiger partial charge on any atom is -0.494 e. The number of benzene rings is 1. The summed E-state index contributed by atoms with van der Waals surface area (Å²) in [5, 5.41) is 3.50. The highest BCUT2D eigenvalue weighted by atomic mass is 16.5. The van der Waals surface area contributed by atoms with Gasteiger partial charge in [0.25, 0.3) is 0 Å². The van der Waals surface area contributed by atoms with Crippen molar-refractivity contribution in [2.24, 2.45) is 0 Å². The van der Waals surface area contributed by atoms with Crippen LogP contribution >= 0.6 is 0 Å². The first-order chi connectivity index (χ1) is 11.4. The lowest BCUT2D eigenvalue weighted by atomic mass is 10.0. The largest absolute Gasteiger partial charge is 0.494 e. The van der Waals surface area contributed by atoms with E-state index in [1.165, 1.54) is 11.1 Å². The first-order valence-corrected chi connectivity index (χ1v) is 8.43. The van der Waals surface area contributed by atoms with Gasteiger partial charge in [0.2, 0.25) is 0 Å². The summed E-state index contributed by atoms with van der Waals surface area (Å²) < 4.78 is 5.76. The van der Waals surface area contributed by atoms with Gasteiger partial charge in [-0.15, -0.1) is 0 Å². The van der Waals surface area contributed by atoms with Crippen molar-refractivity contribution >= 4 is 0 Å². The van der Waals surface area contributed by atoms with Crippen LogP contribution in [0.25, 0.3) is 0 Å². The Morgan fingerprint density at radius 1 is 1.26 bits per heavy atom. The van der Waals surface area contributed by atoms with E-state index < -0.39 is 0 Å². The van der Waals surface area contributed by atoms with Gasteiger partial charge in [-0.3, -0.25) is 9.88 Å². The Hall–Kier alpha value is -1.91. The Labute approximate surface area is 138 Å². The van der Waals surface area contributed by atoms with E-state index in [0.717, 1.165) is 45.0 Å². The molecule has 4 nitrogen and oxygen atoms in total. The molecule has 1 N–H and O–H groups in total. The Bertz CT molecular complexity index is 603. The normalized spacial score (nSPS) is 18.7. The number of ether oxygens (including phenoxy) is 1. The quantitative estimate of drug-likeness (QED) is 0.890. The minimum absolute atomic E-state index is 0.395. The van der Waals surface area contributed by atoms with Crippen LogP contribution in [0.15, 0.2) is 48.8 Å². The second kappa shape index (κ2) is 8.09. The number of nitrogens with zero attached hydrogens (tertiary/aromatic N) is 2. The molecule has 2 aromatic rings. The van der Waals surface area contributed by atoms with E-state index in [1.54, 1.807) is 0 Å². The highest BCUT2D eigenvalue weighted by Gasteiger charge is 2.23. The van der Waals surface area contributed by atoms with E-state index >= 15 is 0 Å². The van der Waals surface area contributed by atoms with E-state index in [0.29, 0.717) is 6.04 Å². The average molecular weight is 311 g/mol. The first-order valence-electron chi connectivity index (χ1n) is 8.43. The van der Waals surface area contributed by atoms with E-state index in [1.807, 2.05) is 18.5 Å². The van der Waals surface area contributed by atoms with Crippen LogP contribution in [0, 0.1) is 0 Å². The zero-order valence-corrected chi connectivity index (χ0v) is 13.7. The second-order valence-electron chi connectivity index (χ2n) is 5.97. The van der Waals surface area contributed by atoms with Crippen molar-refractivity contribution in [3.05, 3.63) is 59.9 Å². The fourth-order valence-corrected chi connectivity index (χ4v) is 3.04. The summed E-state index contributed by atoms with van der Waals surface area (Å²) in [5.41, 5.74) is 2.63. The zero-order valence-electron chi connectivity index (χ0n) is 13.7. The molecule has 1 unspecified atom stereocenters. The highest BCUT2D eigenvalue weighted by Crippen LogP contribution is 2.24. The molecule has 2 heterocycles. The first kappa shape index (κ1) is 16.0. The van der Waals surface area contributed by atoms with Gasteiger partial charge in [0.15, 0.2) is 0 Å². The number of piperazine rings is 1. The van der Waals surface area contributed by atoms with E-state index in [9.17, 15) is 0 Å².